The van der Waals surface area contributed by atoms with Crippen molar-refractivity contribution in [2.45, 2.75) is 47.1 Å². The van der Waals surface area contributed by atoms with E-state index in [4.69, 9.17) is 0 Å². The summed E-state index contributed by atoms with van der Waals surface area (Å²) in [4.78, 5) is 16.7. The van der Waals surface area contributed by atoms with Crippen molar-refractivity contribution >= 4 is 16.8 Å². The van der Waals surface area contributed by atoms with Crippen LogP contribution in [0.1, 0.15) is 56.3 Å². The van der Waals surface area contributed by atoms with E-state index in [0.29, 0.717) is 18.4 Å². The SMILES string of the molecule is Cc1nc2cc(C(=O)CC(C)C)ccc2n1C(C)C. The molecule has 0 N–H and O–H groups in total. The largest absolute Gasteiger partial charge is 0.326 e. The number of hydrogen-bond donors (Lipinski definition) is 0. The zero-order valence-electron chi connectivity index (χ0n) is 12.4. The molecule has 0 unspecified atom stereocenters. The number of benzene rings is 1. The Labute approximate surface area is 114 Å². The van der Waals surface area contributed by atoms with Crippen LogP contribution in [0.15, 0.2) is 18.2 Å². The molecular weight excluding hydrogens is 236 g/mol. The number of imidazole rings is 1. The zero-order chi connectivity index (χ0) is 14.2. The summed E-state index contributed by atoms with van der Waals surface area (Å²) in [5, 5.41) is 0. The average Bonchev–Trinajstić information content (AvgIpc) is 2.62. The summed E-state index contributed by atoms with van der Waals surface area (Å²) in [7, 11) is 0. The van der Waals surface area contributed by atoms with Gasteiger partial charge in [0, 0.05) is 18.0 Å². The zero-order valence-corrected chi connectivity index (χ0v) is 12.4. The maximum absolute atomic E-state index is 12.1. The van der Waals surface area contributed by atoms with E-state index in [1.54, 1.807) is 0 Å². The van der Waals surface area contributed by atoms with E-state index in [0.717, 1.165) is 22.4 Å². The van der Waals surface area contributed by atoms with Crippen molar-refractivity contribution in [3.63, 3.8) is 0 Å². The summed E-state index contributed by atoms with van der Waals surface area (Å²) < 4.78 is 2.20. The first-order chi connectivity index (χ1) is 8.90. The highest BCUT2D eigenvalue weighted by molar-refractivity contribution is 5.99. The van der Waals surface area contributed by atoms with Crippen molar-refractivity contribution in [1.29, 1.82) is 0 Å². The predicted molar refractivity (Wildman–Crippen MR) is 78.6 cm³/mol. The Balaban J connectivity index is 2.45. The minimum Gasteiger partial charge on any atom is -0.326 e. The molecule has 3 heteroatoms. The molecule has 2 rings (SSSR count). The van der Waals surface area contributed by atoms with Gasteiger partial charge in [-0.1, -0.05) is 13.8 Å². The van der Waals surface area contributed by atoms with Gasteiger partial charge in [-0.2, -0.15) is 0 Å². The second-order valence-electron chi connectivity index (χ2n) is 5.85. The molecular formula is C16H22N2O. The van der Waals surface area contributed by atoms with Crippen LogP contribution in [0.2, 0.25) is 0 Å². The lowest BCUT2D eigenvalue weighted by atomic mass is 10.0. The lowest BCUT2D eigenvalue weighted by Gasteiger charge is -2.10. The van der Waals surface area contributed by atoms with Gasteiger partial charge < -0.3 is 4.57 Å². The first kappa shape index (κ1) is 13.8. The standard InChI is InChI=1S/C16H22N2O/c1-10(2)8-16(19)13-6-7-15-14(9-13)17-12(5)18(15)11(3)4/h6-7,9-11H,8H2,1-5H3. The van der Waals surface area contributed by atoms with Crippen LogP contribution in [0.4, 0.5) is 0 Å². The van der Waals surface area contributed by atoms with Gasteiger partial charge in [0.25, 0.3) is 0 Å². The quantitative estimate of drug-likeness (QED) is 0.772. The molecule has 0 aliphatic heterocycles. The fraction of sp³-hybridized carbons (Fsp3) is 0.500. The maximum atomic E-state index is 12.1. The van der Waals surface area contributed by atoms with Gasteiger partial charge in [-0.15, -0.1) is 0 Å². The second kappa shape index (κ2) is 5.16. The van der Waals surface area contributed by atoms with Crippen LogP contribution < -0.4 is 0 Å². The normalized spacial score (nSPS) is 11.7. The van der Waals surface area contributed by atoms with Gasteiger partial charge in [-0.3, -0.25) is 4.79 Å². The highest BCUT2D eigenvalue weighted by Gasteiger charge is 2.13. The molecule has 3 nitrogen and oxygen atoms in total. The van der Waals surface area contributed by atoms with Gasteiger partial charge in [0.2, 0.25) is 0 Å². The molecule has 0 aliphatic rings. The Morgan fingerprint density at radius 3 is 2.53 bits per heavy atom. The van der Waals surface area contributed by atoms with Crippen molar-refractivity contribution in [3.05, 3.63) is 29.6 Å². The fourth-order valence-electron chi connectivity index (χ4n) is 2.53. The minimum absolute atomic E-state index is 0.202. The first-order valence-electron chi connectivity index (χ1n) is 6.92. The Bertz CT molecular complexity index is 608. The number of rotatable bonds is 4. The third-order valence-electron chi connectivity index (χ3n) is 3.30. The van der Waals surface area contributed by atoms with E-state index in [2.05, 4.69) is 37.2 Å². The second-order valence-corrected chi connectivity index (χ2v) is 5.85. The minimum atomic E-state index is 0.202. The molecule has 0 radical (unpaired) electrons. The van der Waals surface area contributed by atoms with E-state index in [1.807, 2.05) is 25.1 Å². The van der Waals surface area contributed by atoms with Crippen molar-refractivity contribution in [1.82, 2.24) is 9.55 Å². The maximum Gasteiger partial charge on any atom is 0.163 e. The van der Waals surface area contributed by atoms with Gasteiger partial charge in [0.15, 0.2) is 5.78 Å². The van der Waals surface area contributed by atoms with Gasteiger partial charge in [-0.25, -0.2) is 4.98 Å². The Kier molecular flexibility index (Phi) is 3.74. The number of ketones is 1. The highest BCUT2D eigenvalue weighted by atomic mass is 16.1. The molecule has 0 fully saturated rings. The summed E-state index contributed by atoms with van der Waals surface area (Å²) in [6.07, 6.45) is 0.593. The van der Waals surface area contributed by atoms with Crippen molar-refractivity contribution in [3.8, 4) is 0 Å². The molecule has 1 heterocycles. The number of nitrogens with zero attached hydrogens (tertiary/aromatic N) is 2. The Hall–Kier alpha value is -1.64. The molecule has 0 aliphatic carbocycles. The molecule has 2 aromatic rings. The molecule has 102 valence electrons. The number of fused-ring (bicyclic) bond motifs is 1. The summed E-state index contributed by atoms with van der Waals surface area (Å²) in [6.45, 7) is 10.4. The average molecular weight is 258 g/mol. The van der Waals surface area contributed by atoms with Gasteiger partial charge in [-0.05, 0) is 44.9 Å². The first-order valence-corrected chi connectivity index (χ1v) is 6.92. The third-order valence-corrected chi connectivity index (χ3v) is 3.30. The number of aryl methyl sites for hydroxylation is 1. The van der Waals surface area contributed by atoms with Gasteiger partial charge in [0.1, 0.15) is 5.82 Å². The lowest BCUT2D eigenvalue weighted by Crippen LogP contribution is -2.04. The Morgan fingerprint density at radius 2 is 1.95 bits per heavy atom. The molecule has 0 atom stereocenters. The van der Waals surface area contributed by atoms with E-state index < -0.39 is 0 Å². The van der Waals surface area contributed by atoms with Gasteiger partial charge >= 0.3 is 0 Å². The summed E-state index contributed by atoms with van der Waals surface area (Å²) in [6, 6.07) is 6.24. The number of carbonyl (C=O) groups is 1. The smallest absolute Gasteiger partial charge is 0.163 e. The molecule has 0 saturated carbocycles. The summed E-state index contributed by atoms with van der Waals surface area (Å²) in [5.74, 6) is 1.59. The van der Waals surface area contributed by atoms with Crippen molar-refractivity contribution in [2.75, 3.05) is 0 Å². The van der Waals surface area contributed by atoms with Crippen LogP contribution in [0.5, 0.6) is 0 Å². The van der Waals surface area contributed by atoms with Crippen LogP contribution >= 0.6 is 0 Å². The van der Waals surface area contributed by atoms with Crippen LogP contribution in [-0.4, -0.2) is 15.3 Å². The topological polar surface area (TPSA) is 34.9 Å². The third kappa shape index (κ3) is 2.70. The molecule has 1 aromatic heterocycles. The molecule has 0 spiro atoms. The van der Waals surface area contributed by atoms with Crippen LogP contribution in [0.3, 0.4) is 0 Å². The number of aromatic nitrogens is 2. The molecule has 19 heavy (non-hydrogen) atoms. The monoisotopic (exact) mass is 258 g/mol. The number of hydrogen-bond acceptors (Lipinski definition) is 2. The molecule has 0 saturated heterocycles. The summed E-state index contributed by atoms with van der Waals surface area (Å²) in [5.41, 5.74) is 2.80. The number of carbonyl (C=O) groups excluding carboxylic acids is 1. The Morgan fingerprint density at radius 1 is 1.26 bits per heavy atom. The summed E-state index contributed by atoms with van der Waals surface area (Å²) >= 11 is 0. The number of Topliss-reactive ketones (excluding diaryl/α,β-unsaturated/α-hetero) is 1. The van der Waals surface area contributed by atoms with Crippen molar-refractivity contribution < 1.29 is 4.79 Å². The van der Waals surface area contributed by atoms with E-state index in [1.165, 1.54) is 0 Å². The van der Waals surface area contributed by atoms with E-state index in [9.17, 15) is 4.79 Å². The molecule has 0 amide bonds. The van der Waals surface area contributed by atoms with E-state index >= 15 is 0 Å². The van der Waals surface area contributed by atoms with E-state index in [-0.39, 0.29) is 5.78 Å². The van der Waals surface area contributed by atoms with Gasteiger partial charge in [0.05, 0.1) is 11.0 Å². The highest BCUT2D eigenvalue weighted by Crippen LogP contribution is 2.22. The van der Waals surface area contributed by atoms with Crippen LogP contribution in [0, 0.1) is 12.8 Å². The lowest BCUT2D eigenvalue weighted by molar-refractivity contribution is 0.0968. The molecule has 0 bridgehead atoms. The van der Waals surface area contributed by atoms with Crippen LogP contribution in [-0.2, 0) is 0 Å². The van der Waals surface area contributed by atoms with Crippen LogP contribution in [0.25, 0.3) is 11.0 Å². The van der Waals surface area contributed by atoms with Crippen molar-refractivity contribution in [2.24, 2.45) is 5.92 Å². The predicted octanol–water partition coefficient (Wildman–Crippen LogP) is 4.15. The fourth-order valence-corrected chi connectivity index (χ4v) is 2.53. The molecule has 1 aromatic carbocycles.